The first kappa shape index (κ1) is 25.2. The van der Waals surface area contributed by atoms with Crippen LogP contribution in [0.4, 0.5) is 0 Å². The van der Waals surface area contributed by atoms with Crippen LogP contribution in [0.2, 0.25) is 10.0 Å². The van der Waals surface area contributed by atoms with Crippen molar-refractivity contribution < 1.29 is 4.74 Å². The lowest BCUT2D eigenvalue weighted by atomic mass is 9.79. The molecule has 0 saturated heterocycles. The lowest BCUT2D eigenvalue weighted by Crippen LogP contribution is -2.12. The molecule has 0 saturated carbocycles. The summed E-state index contributed by atoms with van der Waals surface area (Å²) in [5, 5.41) is 13.6. The molecule has 0 radical (unpaired) electrons. The fourth-order valence-corrected chi connectivity index (χ4v) is 5.55. The highest BCUT2D eigenvalue weighted by molar-refractivity contribution is 9.10. The van der Waals surface area contributed by atoms with Crippen molar-refractivity contribution in [2.24, 2.45) is 5.10 Å². The Bertz CT molecular complexity index is 1590. The molecule has 3 aromatic carbocycles. The number of fused-ring (bicyclic) bond motifs is 1. The molecule has 36 heavy (non-hydrogen) atoms. The highest BCUT2D eigenvalue weighted by Crippen LogP contribution is 2.44. The van der Waals surface area contributed by atoms with Crippen LogP contribution in [-0.4, -0.2) is 28.2 Å². The second-order valence-corrected chi connectivity index (χ2v) is 10.5. The normalized spacial score (nSPS) is 15.4. The molecule has 1 aromatic heterocycles. The lowest BCUT2D eigenvalue weighted by Gasteiger charge is -2.27. The Morgan fingerprint density at radius 3 is 2.64 bits per heavy atom. The molecule has 0 spiro atoms. The molecule has 182 valence electrons. The summed E-state index contributed by atoms with van der Waals surface area (Å²) in [4.78, 5) is 0. The van der Waals surface area contributed by atoms with Crippen LogP contribution in [0.15, 0.2) is 75.8 Å². The number of rotatable bonds is 5. The van der Waals surface area contributed by atoms with E-state index in [0.717, 1.165) is 38.0 Å². The zero-order valence-electron chi connectivity index (χ0n) is 18.8. The van der Waals surface area contributed by atoms with Crippen LogP contribution in [0.1, 0.15) is 29.0 Å². The van der Waals surface area contributed by atoms with Gasteiger partial charge in [0.1, 0.15) is 5.75 Å². The molecular weight excluding hydrogens is 603 g/mol. The van der Waals surface area contributed by atoms with Crippen molar-refractivity contribution in [2.75, 3.05) is 7.11 Å². The summed E-state index contributed by atoms with van der Waals surface area (Å²) < 4.78 is 8.04. The third-order valence-corrected chi connectivity index (χ3v) is 8.13. The van der Waals surface area contributed by atoms with E-state index in [0.29, 0.717) is 32.1 Å². The average molecular weight is 621 g/mol. The quantitative estimate of drug-likeness (QED) is 0.179. The zero-order chi connectivity index (χ0) is 25.4. The van der Waals surface area contributed by atoms with Crippen LogP contribution in [0.5, 0.6) is 5.75 Å². The number of nitrogens with zero attached hydrogens (tertiary/aromatic N) is 3. The minimum absolute atomic E-state index is 0.0347. The first-order valence-corrected chi connectivity index (χ1v) is 13.2. The highest BCUT2D eigenvalue weighted by atomic mass is 79.9. The van der Waals surface area contributed by atoms with Gasteiger partial charge in [-0.3, -0.25) is 0 Å². The molecule has 1 heterocycles. The number of ether oxygens (including phenoxy) is 1. The number of H-pyrrole nitrogens is 1. The number of benzene rings is 3. The number of nitrogens with one attached hydrogen (secondary N) is 1. The van der Waals surface area contributed by atoms with Crippen LogP contribution in [-0.2, 0) is 0 Å². The summed E-state index contributed by atoms with van der Waals surface area (Å²) >= 11 is 28.4. The van der Waals surface area contributed by atoms with Gasteiger partial charge in [0.05, 0.1) is 28.4 Å². The van der Waals surface area contributed by atoms with Crippen LogP contribution in [0.3, 0.4) is 0 Å². The Labute approximate surface area is 236 Å². The third kappa shape index (κ3) is 4.78. The van der Waals surface area contributed by atoms with Gasteiger partial charge in [0.2, 0.25) is 4.77 Å². The minimum Gasteiger partial charge on any atom is -0.497 e. The fourth-order valence-electron chi connectivity index (χ4n) is 4.23. The monoisotopic (exact) mass is 618 g/mol. The summed E-state index contributed by atoms with van der Waals surface area (Å²) in [7, 11) is 1.62. The van der Waals surface area contributed by atoms with Gasteiger partial charge in [0.15, 0.2) is 5.82 Å². The summed E-state index contributed by atoms with van der Waals surface area (Å²) in [6.07, 6.45) is 2.37. The Kier molecular flexibility index (Phi) is 7.37. The Morgan fingerprint density at radius 2 is 1.89 bits per heavy atom. The molecule has 5 rings (SSSR count). The molecule has 4 aromatic rings. The van der Waals surface area contributed by atoms with E-state index in [1.165, 1.54) is 0 Å². The van der Waals surface area contributed by atoms with Crippen molar-refractivity contribution in [2.45, 2.75) is 12.3 Å². The highest BCUT2D eigenvalue weighted by Gasteiger charge is 2.27. The summed E-state index contributed by atoms with van der Waals surface area (Å²) in [6.45, 7) is 0. The number of hydrogen-bond donors (Lipinski definition) is 1. The van der Waals surface area contributed by atoms with Gasteiger partial charge >= 0.3 is 0 Å². The molecule has 1 aliphatic carbocycles. The van der Waals surface area contributed by atoms with Crippen molar-refractivity contribution in [3.05, 3.63) is 102 Å². The summed E-state index contributed by atoms with van der Waals surface area (Å²) in [5.41, 5.74) is 4.81. The van der Waals surface area contributed by atoms with Crippen LogP contribution < -0.4 is 4.74 Å². The maximum atomic E-state index is 6.88. The van der Waals surface area contributed by atoms with E-state index in [9.17, 15) is 0 Å². The van der Waals surface area contributed by atoms with E-state index in [2.05, 4.69) is 37.3 Å². The fraction of sp³-hybridized carbons (Fsp3) is 0.115. The van der Waals surface area contributed by atoms with Crippen molar-refractivity contribution >= 4 is 74.2 Å². The van der Waals surface area contributed by atoms with Crippen molar-refractivity contribution in [1.29, 1.82) is 0 Å². The smallest absolute Gasteiger partial charge is 0.216 e. The molecule has 10 heteroatoms. The first-order valence-electron chi connectivity index (χ1n) is 10.9. The molecule has 1 unspecified atom stereocenters. The minimum atomic E-state index is 0.0347. The van der Waals surface area contributed by atoms with E-state index < -0.39 is 0 Å². The molecule has 1 aliphatic rings. The summed E-state index contributed by atoms with van der Waals surface area (Å²) in [6, 6.07) is 19.4. The molecular formula is C26H18BrCl3N4OS. The molecule has 1 atom stereocenters. The standard InChI is InChI=1S/C26H18BrCl3N4OS/c1-35-16-7-8-19(21(27)12-16)25-32-33-26(36)34(25)31-13-15-10-20(14-6-9-22(28)23(29)11-14)17-4-2-3-5-18(17)24(15)30/h2-9,11-13,20H,10H2,1H3,(H,33,36)/b31-13+. The van der Waals surface area contributed by atoms with Crippen LogP contribution in [0, 0.1) is 4.77 Å². The second kappa shape index (κ2) is 10.5. The van der Waals surface area contributed by atoms with Crippen molar-refractivity contribution in [3.8, 4) is 17.1 Å². The summed E-state index contributed by atoms with van der Waals surface area (Å²) in [5.74, 6) is 1.31. The van der Waals surface area contributed by atoms with Gasteiger partial charge in [-0.05, 0) is 87.2 Å². The number of aromatic nitrogens is 3. The van der Waals surface area contributed by atoms with Gasteiger partial charge in [0, 0.05) is 16.0 Å². The number of methoxy groups -OCH3 is 1. The maximum Gasteiger partial charge on any atom is 0.216 e. The van der Waals surface area contributed by atoms with Gasteiger partial charge in [-0.15, -0.1) is 0 Å². The predicted octanol–water partition coefficient (Wildman–Crippen LogP) is 8.71. The van der Waals surface area contributed by atoms with E-state index in [1.807, 2.05) is 54.6 Å². The molecule has 5 nitrogen and oxygen atoms in total. The van der Waals surface area contributed by atoms with E-state index in [1.54, 1.807) is 18.0 Å². The average Bonchev–Trinajstić information content (AvgIpc) is 3.25. The number of hydrogen-bond acceptors (Lipinski definition) is 4. The van der Waals surface area contributed by atoms with Gasteiger partial charge in [-0.2, -0.15) is 14.9 Å². The third-order valence-electron chi connectivity index (χ3n) is 6.02. The van der Waals surface area contributed by atoms with Gasteiger partial charge < -0.3 is 4.74 Å². The molecule has 0 fully saturated rings. The molecule has 0 bridgehead atoms. The molecule has 0 aliphatic heterocycles. The molecule has 1 N–H and O–H groups in total. The van der Waals surface area contributed by atoms with E-state index >= 15 is 0 Å². The SMILES string of the molecule is COc1ccc(-c2n[nH]c(=S)n2/N=C/C2=C(Cl)c3ccccc3C(c3ccc(Cl)c(Cl)c3)C2)c(Br)c1. The second-order valence-electron chi connectivity index (χ2n) is 8.11. The number of allylic oxidation sites excluding steroid dienone is 1. The Hall–Kier alpha value is -2.42. The van der Waals surface area contributed by atoms with Crippen molar-refractivity contribution in [3.63, 3.8) is 0 Å². The van der Waals surface area contributed by atoms with Crippen LogP contribution in [0.25, 0.3) is 16.4 Å². The van der Waals surface area contributed by atoms with Gasteiger partial charge in [-0.1, -0.05) is 65.1 Å². The maximum absolute atomic E-state index is 6.88. The van der Waals surface area contributed by atoms with Gasteiger partial charge in [-0.25, -0.2) is 5.10 Å². The predicted molar refractivity (Wildman–Crippen MR) is 153 cm³/mol. The number of aromatic amines is 1. The topological polar surface area (TPSA) is 55.2 Å². The van der Waals surface area contributed by atoms with E-state index in [4.69, 9.17) is 51.8 Å². The number of halogens is 4. The van der Waals surface area contributed by atoms with Crippen molar-refractivity contribution in [1.82, 2.24) is 14.9 Å². The first-order chi connectivity index (χ1) is 17.4. The Morgan fingerprint density at radius 1 is 1.08 bits per heavy atom. The van der Waals surface area contributed by atoms with E-state index in [-0.39, 0.29) is 5.92 Å². The largest absolute Gasteiger partial charge is 0.497 e. The lowest BCUT2D eigenvalue weighted by molar-refractivity contribution is 0.414. The van der Waals surface area contributed by atoms with Crippen LogP contribution >= 0.6 is 63.0 Å². The zero-order valence-corrected chi connectivity index (χ0v) is 23.5. The molecule has 0 amide bonds. The van der Waals surface area contributed by atoms with Gasteiger partial charge in [0.25, 0.3) is 0 Å². The Balaban J connectivity index is 1.56.